The molecule has 144 valence electrons. The van der Waals surface area contributed by atoms with Gasteiger partial charge < -0.3 is 10.0 Å². The third kappa shape index (κ3) is 2.94. The highest BCUT2D eigenvalue weighted by Gasteiger charge is 2.43. The number of benzene rings is 2. The molecule has 3 aromatic rings. The first-order valence-electron chi connectivity index (χ1n) is 9.15. The Balaban J connectivity index is 1.92. The number of nitrogens with zero attached hydrogens (tertiary/aromatic N) is 2. The molecule has 1 aliphatic heterocycles. The molecule has 2 N–H and O–H groups in total. The number of H-pyrrole nitrogens is 1. The number of aromatic nitrogens is 2. The van der Waals surface area contributed by atoms with Crippen molar-refractivity contribution in [3.63, 3.8) is 0 Å². The van der Waals surface area contributed by atoms with Crippen molar-refractivity contribution in [2.24, 2.45) is 0 Å². The van der Waals surface area contributed by atoms with Gasteiger partial charge in [-0.1, -0.05) is 43.1 Å². The van der Waals surface area contributed by atoms with Crippen molar-refractivity contribution in [1.29, 1.82) is 0 Å². The van der Waals surface area contributed by atoms with Crippen LogP contribution >= 0.6 is 11.6 Å². The van der Waals surface area contributed by atoms with Gasteiger partial charge in [-0.3, -0.25) is 9.89 Å². The molecule has 28 heavy (non-hydrogen) atoms. The number of phenolic OH excluding ortho intramolecular Hbond substituents is 1. The molecule has 2 heterocycles. The molecule has 0 saturated heterocycles. The lowest BCUT2D eigenvalue weighted by molar-refractivity contribution is 0.0739. The molecule has 5 nitrogen and oxygen atoms in total. The number of rotatable bonds is 5. The minimum Gasteiger partial charge on any atom is -0.507 e. The molecule has 0 radical (unpaired) electrons. The van der Waals surface area contributed by atoms with Crippen LogP contribution in [0.2, 0.25) is 5.02 Å². The molecule has 7 heteroatoms. The Morgan fingerprint density at radius 3 is 2.82 bits per heavy atom. The van der Waals surface area contributed by atoms with Gasteiger partial charge in [-0.05, 0) is 30.7 Å². The molecule has 1 unspecified atom stereocenters. The van der Waals surface area contributed by atoms with E-state index in [1.54, 1.807) is 35.2 Å². The second-order valence-electron chi connectivity index (χ2n) is 6.80. The number of carbonyl (C=O) groups excluding carboxylic acids is 1. The van der Waals surface area contributed by atoms with Crippen molar-refractivity contribution in [2.45, 2.75) is 25.8 Å². The number of hydrogen-bond acceptors (Lipinski definition) is 3. The second kappa shape index (κ2) is 7.28. The van der Waals surface area contributed by atoms with Crippen molar-refractivity contribution in [3.05, 3.63) is 70.1 Å². The zero-order valence-electron chi connectivity index (χ0n) is 15.2. The molecule has 0 aliphatic carbocycles. The average Bonchev–Trinajstić information content (AvgIpc) is 3.22. The van der Waals surface area contributed by atoms with Gasteiger partial charge in [0.2, 0.25) is 0 Å². The fraction of sp³-hybridized carbons (Fsp3) is 0.238. The Hall–Kier alpha value is -2.86. The van der Waals surface area contributed by atoms with Gasteiger partial charge in [0, 0.05) is 28.3 Å². The van der Waals surface area contributed by atoms with Gasteiger partial charge >= 0.3 is 0 Å². The quantitative estimate of drug-likeness (QED) is 0.639. The van der Waals surface area contributed by atoms with Gasteiger partial charge in [0.25, 0.3) is 5.91 Å². The lowest BCUT2D eigenvalue weighted by atomic mass is 9.95. The first-order valence-corrected chi connectivity index (χ1v) is 9.53. The molecule has 4 rings (SSSR count). The van der Waals surface area contributed by atoms with Crippen molar-refractivity contribution < 1.29 is 14.3 Å². The molecule has 0 fully saturated rings. The van der Waals surface area contributed by atoms with E-state index in [0.717, 1.165) is 12.8 Å². The number of aromatic amines is 1. The fourth-order valence-corrected chi connectivity index (χ4v) is 3.85. The first kappa shape index (κ1) is 18.5. The number of hydrogen-bond donors (Lipinski definition) is 2. The molecule has 1 aromatic heterocycles. The zero-order valence-corrected chi connectivity index (χ0v) is 16.0. The number of fused-ring (bicyclic) bond motifs is 1. The van der Waals surface area contributed by atoms with E-state index < -0.39 is 11.9 Å². The van der Waals surface area contributed by atoms with Crippen molar-refractivity contribution >= 4 is 17.5 Å². The maximum atomic E-state index is 14.7. The van der Waals surface area contributed by atoms with Crippen molar-refractivity contribution in [1.82, 2.24) is 15.1 Å². The number of unbranched alkanes of at least 4 members (excludes halogenated alkanes) is 1. The maximum absolute atomic E-state index is 14.7. The van der Waals surface area contributed by atoms with Crippen molar-refractivity contribution in [2.75, 3.05) is 6.54 Å². The van der Waals surface area contributed by atoms with Crippen LogP contribution in [0.5, 0.6) is 5.75 Å². The lowest BCUT2D eigenvalue weighted by Gasteiger charge is -2.26. The average molecular weight is 400 g/mol. The van der Waals surface area contributed by atoms with Crippen molar-refractivity contribution in [3.8, 4) is 17.0 Å². The van der Waals surface area contributed by atoms with Gasteiger partial charge in [0.1, 0.15) is 23.0 Å². The van der Waals surface area contributed by atoms with E-state index >= 15 is 0 Å². The van der Waals surface area contributed by atoms with E-state index in [1.165, 1.54) is 12.1 Å². The number of halogens is 2. The Morgan fingerprint density at radius 1 is 1.29 bits per heavy atom. The highest BCUT2D eigenvalue weighted by molar-refractivity contribution is 6.31. The molecule has 0 bridgehead atoms. The van der Waals surface area contributed by atoms with Crippen LogP contribution < -0.4 is 0 Å². The second-order valence-corrected chi connectivity index (χ2v) is 7.23. The molecule has 1 atom stereocenters. The van der Waals surface area contributed by atoms with Gasteiger partial charge in [-0.25, -0.2) is 4.39 Å². The van der Waals surface area contributed by atoms with E-state index in [1.807, 2.05) is 6.92 Å². The molecule has 0 saturated carbocycles. The Labute approximate surface area is 166 Å². The van der Waals surface area contributed by atoms with Gasteiger partial charge in [0.15, 0.2) is 0 Å². The Morgan fingerprint density at radius 2 is 2.07 bits per heavy atom. The molecular weight excluding hydrogens is 381 g/mol. The predicted octanol–water partition coefficient (Wildman–Crippen LogP) is 4.92. The van der Waals surface area contributed by atoms with Gasteiger partial charge in [-0.2, -0.15) is 5.10 Å². The normalized spacial score (nSPS) is 15.9. The SMILES string of the molecule is CCCCN1C(=O)c2[nH]nc(-c3cc(Cl)ccc3O)c2C1c1ccccc1F. The van der Waals surface area contributed by atoms with Gasteiger partial charge in [0.05, 0.1) is 6.04 Å². The topological polar surface area (TPSA) is 69.2 Å². The van der Waals surface area contributed by atoms with E-state index in [0.29, 0.717) is 39.6 Å². The summed E-state index contributed by atoms with van der Waals surface area (Å²) < 4.78 is 14.7. The highest BCUT2D eigenvalue weighted by Crippen LogP contribution is 2.45. The van der Waals surface area contributed by atoms with Crippen LogP contribution in [-0.2, 0) is 0 Å². The summed E-state index contributed by atoms with van der Waals surface area (Å²) >= 11 is 6.10. The molecule has 1 aliphatic rings. The third-order valence-corrected chi connectivity index (χ3v) is 5.27. The summed E-state index contributed by atoms with van der Waals surface area (Å²) in [5.74, 6) is -0.625. The smallest absolute Gasteiger partial charge is 0.273 e. The fourth-order valence-electron chi connectivity index (χ4n) is 3.68. The van der Waals surface area contributed by atoms with E-state index in [2.05, 4.69) is 10.2 Å². The minimum atomic E-state index is -0.623. The number of nitrogens with one attached hydrogen (secondary N) is 1. The molecule has 0 spiro atoms. The van der Waals surface area contributed by atoms with Crippen LogP contribution in [0.25, 0.3) is 11.3 Å². The number of amides is 1. The summed E-state index contributed by atoms with van der Waals surface area (Å²) in [5, 5.41) is 17.8. The summed E-state index contributed by atoms with van der Waals surface area (Å²) in [7, 11) is 0. The van der Waals surface area contributed by atoms with Crippen LogP contribution in [0, 0.1) is 5.82 Å². The van der Waals surface area contributed by atoms with Crippen LogP contribution in [0.3, 0.4) is 0 Å². The largest absolute Gasteiger partial charge is 0.507 e. The zero-order chi connectivity index (χ0) is 19.8. The molecular formula is C21H19ClFN3O2. The summed E-state index contributed by atoms with van der Waals surface area (Å²) in [6.07, 6.45) is 1.70. The maximum Gasteiger partial charge on any atom is 0.273 e. The first-order chi connectivity index (χ1) is 13.5. The highest BCUT2D eigenvalue weighted by atomic mass is 35.5. The summed E-state index contributed by atoms with van der Waals surface area (Å²) in [6.45, 7) is 2.53. The number of carbonyl (C=O) groups is 1. The monoisotopic (exact) mass is 399 g/mol. The minimum absolute atomic E-state index is 0.00885. The van der Waals surface area contributed by atoms with Gasteiger partial charge in [-0.15, -0.1) is 0 Å². The predicted molar refractivity (Wildman–Crippen MR) is 105 cm³/mol. The van der Waals surface area contributed by atoms with Crippen LogP contribution in [-0.4, -0.2) is 32.7 Å². The molecule has 2 aromatic carbocycles. The van der Waals surface area contributed by atoms with Crippen LogP contribution in [0.15, 0.2) is 42.5 Å². The Bertz CT molecular complexity index is 1050. The van der Waals surface area contributed by atoms with E-state index in [9.17, 15) is 14.3 Å². The van der Waals surface area contributed by atoms with E-state index in [4.69, 9.17) is 11.6 Å². The standard InChI is InChI=1S/C21H19ClFN3O2/c1-2-3-10-26-20(13-6-4-5-7-15(13)23)17-18(24-25-19(17)21(26)28)14-11-12(22)8-9-16(14)27/h4-9,11,20,27H,2-3,10H2,1H3,(H,24,25). The van der Waals surface area contributed by atoms with Crippen LogP contribution in [0.1, 0.15) is 47.4 Å². The number of aromatic hydroxyl groups is 1. The Kier molecular flexibility index (Phi) is 4.81. The molecule has 1 amide bonds. The number of phenols is 1. The lowest BCUT2D eigenvalue weighted by Crippen LogP contribution is -2.31. The van der Waals surface area contributed by atoms with Crippen LogP contribution in [0.4, 0.5) is 4.39 Å². The summed E-state index contributed by atoms with van der Waals surface area (Å²) in [6, 6.07) is 10.4. The van der Waals surface area contributed by atoms with E-state index in [-0.39, 0.29) is 11.7 Å². The summed E-state index contributed by atoms with van der Waals surface area (Å²) in [5.41, 5.74) is 2.07. The summed E-state index contributed by atoms with van der Waals surface area (Å²) in [4.78, 5) is 14.7. The third-order valence-electron chi connectivity index (χ3n) is 5.03.